The summed E-state index contributed by atoms with van der Waals surface area (Å²) >= 11 is 0. The van der Waals surface area contributed by atoms with Crippen molar-refractivity contribution in [3.8, 4) is 11.3 Å². The molecule has 1 fully saturated rings. The van der Waals surface area contributed by atoms with Gasteiger partial charge < -0.3 is 5.11 Å². The van der Waals surface area contributed by atoms with Crippen LogP contribution < -0.4 is 0 Å². The lowest BCUT2D eigenvalue weighted by Gasteiger charge is -2.20. The zero-order valence-corrected chi connectivity index (χ0v) is 18.8. The molecule has 0 aliphatic heterocycles. The molecule has 0 atom stereocenters. The van der Waals surface area contributed by atoms with Gasteiger partial charge in [0, 0.05) is 31.1 Å². The van der Waals surface area contributed by atoms with Crippen molar-refractivity contribution in [1.29, 1.82) is 0 Å². The molecule has 0 bridgehead atoms. The first kappa shape index (κ1) is 22.2. The van der Waals surface area contributed by atoms with E-state index in [1.807, 2.05) is 29.1 Å². The Kier molecular flexibility index (Phi) is 7.30. The lowest BCUT2D eigenvalue weighted by Crippen LogP contribution is -2.08. The summed E-state index contributed by atoms with van der Waals surface area (Å²) in [7, 11) is 0. The average molecular weight is 433 g/mol. The minimum atomic E-state index is -0.945. The van der Waals surface area contributed by atoms with Crippen LogP contribution >= 0.6 is 0 Å². The average Bonchev–Trinajstić information content (AvgIpc) is 3.20. The van der Waals surface area contributed by atoms with Gasteiger partial charge in [-0.05, 0) is 36.5 Å². The summed E-state index contributed by atoms with van der Waals surface area (Å²) in [5.41, 5.74) is 2.60. The summed E-state index contributed by atoms with van der Waals surface area (Å²) in [5.74, 6) is 1.82. The lowest BCUT2D eigenvalue weighted by molar-refractivity contribution is 0.0697. The number of pyridine rings is 1. The molecule has 0 spiro atoms. The van der Waals surface area contributed by atoms with E-state index in [1.165, 1.54) is 38.5 Å². The van der Waals surface area contributed by atoms with Crippen LogP contribution in [0.1, 0.15) is 79.4 Å². The van der Waals surface area contributed by atoms with E-state index in [0.717, 1.165) is 42.5 Å². The Morgan fingerprint density at radius 2 is 1.94 bits per heavy atom. The molecule has 1 aliphatic rings. The van der Waals surface area contributed by atoms with Crippen LogP contribution in [0.15, 0.2) is 42.6 Å². The number of aromatic carboxylic acids is 1. The van der Waals surface area contributed by atoms with Crippen LogP contribution in [0.25, 0.3) is 11.3 Å². The summed E-state index contributed by atoms with van der Waals surface area (Å²) in [4.78, 5) is 20.9. The van der Waals surface area contributed by atoms with Crippen LogP contribution in [0.3, 0.4) is 0 Å². The molecule has 0 unspecified atom stereocenters. The number of hydrogen-bond donors (Lipinski definition) is 1. The van der Waals surface area contributed by atoms with Crippen molar-refractivity contribution in [3.63, 3.8) is 0 Å². The predicted octanol–water partition coefficient (Wildman–Crippen LogP) is 5.55. The van der Waals surface area contributed by atoms with Crippen LogP contribution in [0, 0.1) is 5.92 Å². The zero-order valence-electron chi connectivity index (χ0n) is 18.8. The Labute approximate surface area is 189 Å². The Morgan fingerprint density at radius 3 is 2.66 bits per heavy atom. The van der Waals surface area contributed by atoms with Gasteiger partial charge >= 0.3 is 5.97 Å². The highest BCUT2D eigenvalue weighted by Gasteiger charge is 2.17. The highest BCUT2D eigenvalue weighted by molar-refractivity contribution is 5.95. The van der Waals surface area contributed by atoms with Crippen LogP contribution in [0.4, 0.5) is 0 Å². The maximum atomic E-state index is 11.5. The summed E-state index contributed by atoms with van der Waals surface area (Å²) in [6, 6.07) is 10.9. The molecule has 1 aromatic carbocycles. The van der Waals surface area contributed by atoms with Crippen molar-refractivity contribution in [3.05, 3.63) is 65.4 Å². The standard InChI is InChI=1S/C26H32N4O2/c1-2-16-30-25(28-24(29-30)15-13-19-8-4-3-5-9-19)17-20-12-14-23(27-18-20)21-10-6-7-11-22(21)26(31)32/h6-7,10-12,14,18-19H,2-5,8-9,13,15-17H2,1H3,(H,31,32). The Morgan fingerprint density at radius 1 is 1.12 bits per heavy atom. The maximum absolute atomic E-state index is 11.5. The van der Waals surface area contributed by atoms with Gasteiger partial charge in [0.15, 0.2) is 5.82 Å². The van der Waals surface area contributed by atoms with Crippen molar-refractivity contribution in [2.75, 3.05) is 0 Å². The molecule has 1 saturated carbocycles. The van der Waals surface area contributed by atoms with Crippen molar-refractivity contribution in [2.45, 2.75) is 71.3 Å². The highest BCUT2D eigenvalue weighted by atomic mass is 16.4. The number of carbonyl (C=O) groups is 1. The van der Waals surface area contributed by atoms with Gasteiger partial charge in [-0.1, -0.05) is 63.3 Å². The van der Waals surface area contributed by atoms with E-state index >= 15 is 0 Å². The third-order valence-corrected chi connectivity index (χ3v) is 6.35. The van der Waals surface area contributed by atoms with Crippen LogP contribution in [-0.2, 0) is 19.4 Å². The maximum Gasteiger partial charge on any atom is 0.336 e. The number of carboxylic acids is 1. The molecule has 2 aromatic heterocycles. The normalized spacial score (nSPS) is 14.5. The van der Waals surface area contributed by atoms with Gasteiger partial charge in [0.1, 0.15) is 5.82 Å². The molecular weight excluding hydrogens is 400 g/mol. The highest BCUT2D eigenvalue weighted by Crippen LogP contribution is 2.27. The molecule has 1 N–H and O–H groups in total. The molecule has 0 amide bonds. The molecule has 6 heteroatoms. The quantitative estimate of drug-likeness (QED) is 0.479. The monoisotopic (exact) mass is 432 g/mol. The molecule has 0 radical (unpaired) electrons. The van der Waals surface area contributed by atoms with Crippen LogP contribution in [0.5, 0.6) is 0 Å². The Hall–Kier alpha value is -3.02. The summed E-state index contributed by atoms with van der Waals surface area (Å²) in [6.07, 6.45) is 12.5. The van der Waals surface area contributed by atoms with Crippen molar-refractivity contribution in [2.24, 2.45) is 5.92 Å². The van der Waals surface area contributed by atoms with Gasteiger partial charge in [-0.25, -0.2) is 14.5 Å². The van der Waals surface area contributed by atoms with Gasteiger partial charge in [-0.3, -0.25) is 4.98 Å². The van der Waals surface area contributed by atoms with E-state index in [9.17, 15) is 9.90 Å². The van der Waals surface area contributed by atoms with E-state index < -0.39 is 5.97 Å². The van der Waals surface area contributed by atoms with Gasteiger partial charge in [0.05, 0.1) is 11.3 Å². The number of rotatable bonds is 9. The lowest BCUT2D eigenvalue weighted by atomic mass is 9.86. The topological polar surface area (TPSA) is 80.9 Å². The summed E-state index contributed by atoms with van der Waals surface area (Å²) in [5, 5.41) is 14.2. The Bertz CT molecular complexity index is 1040. The number of aromatic nitrogens is 4. The van der Waals surface area contributed by atoms with E-state index in [-0.39, 0.29) is 5.56 Å². The van der Waals surface area contributed by atoms with Crippen LogP contribution in [-0.4, -0.2) is 30.8 Å². The molecular formula is C26H32N4O2. The number of nitrogens with zero attached hydrogens (tertiary/aromatic N) is 4. The minimum absolute atomic E-state index is 0.262. The summed E-state index contributed by atoms with van der Waals surface area (Å²) in [6.45, 7) is 3.02. The Balaban J connectivity index is 1.47. The second kappa shape index (κ2) is 10.5. The summed E-state index contributed by atoms with van der Waals surface area (Å²) < 4.78 is 2.05. The first-order valence-electron chi connectivity index (χ1n) is 11.8. The zero-order chi connectivity index (χ0) is 22.3. The fourth-order valence-electron chi connectivity index (χ4n) is 4.63. The van der Waals surface area contributed by atoms with Gasteiger partial charge in [0.2, 0.25) is 0 Å². The van der Waals surface area contributed by atoms with E-state index in [1.54, 1.807) is 18.2 Å². The van der Waals surface area contributed by atoms with E-state index in [0.29, 0.717) is 17.7 Å². The molecule has 3 aromatic rings. The van der Waals surface area contributed by atoms with E-state index in [4.69, 9.17) is 10.1 Å². The molecule has 2 heterocycles. The smallest absolute Gasteiger partial charge is 0.336 e. The molecule has 4 rings (SSSR count). The first-order chi connectivity index (χ1) is 15.6. The van der Waals surface area contributed by atoms with Crippen molar-refractivity contribution >= 4 is 5.97 Å². The number of hydrogen-bond acceptors (Lipinski definition) is 4. The fourth-order valence-corrected chi connectivity index (χ4v) is 4.63. The third-order valence-electron chi connectivity index (χ3n) is 6.35. The molecule has 168 valence electrons. The first-order valence-corrected chi connectivity index (χ1v) is 11.8. The van der Waals surface area contributed by atoms with E-state index in [2.05, 4.69) is 11.9 Å². The second-order valence-electron chi connectivity index (χ2n) is 8.79. The SMILES string of the molecule is CCCn1nc(CCC2CCCCC2)nc1Cc1ccc(-c2ccccc2C(=O)O)nc1. The molecule has 1 aliphatic carbocycles. The van der Waals surface area contributed by atoms with Gasteiger partial charge in [0.25, 0.3) is 0 Å². The fraction of sp³-hybridized carbons (Fsp3) is 0.462. The second-order valence-corrected chi connectivity index (χ2v) is 8.79. The molecule has 6 nitrogen and oxygen atoms in total. The van der Waals surface area contributed by atoms with Gasteiger partial charge in [-0.2, -0.15) is 5.10 Å². The van der Waals surface area contributed by atoms with Crippen LogP contribution in [0.2, 0.25) is 0 Å². The number of carboxylic acid groups (broad SMARTS) is 1. The largest absolute Gasteiger partial charge is 0.478 e. The van der Waals surface area contributed by atoms with Crippen molar-refractivity contribution in [1.82, 2.24) is 19.7 Å². The minimum Gasteiger partial charge on any atom is -0.478 e. The third kappa shape index (κ3) is 5.42. The number of benzene rings is 1. The van der Waals surface area contributed by atoms with Gasteiger partial charge in [-0.15, -0.1) is 0 Å². The van der Waals surface area contributed by atoms with Crippen molar-refractivity contribution < 1.29 is 9.90 Å². The predicted molar refractivity (Wildman–Crippen MR) is 125 cm³/mol. The number of aryl methyl sites for hydroxylation is 2. The molecule has 32 heavy (non-hydrogen) atoms. The molecule has 0 saturated heterocycles.